The Labute approximate surface area is 107 Å². The fourth-order valence-corrected chi connectivity index (χ4v) is 3.24. The molecule has 2 N–H and O–H groups in total. The highest BCUT2D eigenvalue weighted by atomic mass is 19.1. The van der Waals surface area contributed by atoms with Crippen LogP contribution < -0.4 is 5.73 Å². The zero-order chi connectivity index (χ0) is 12.7. The van der Waals surface area contributed by atoms with Crippen molar-refractivity contribution in [2.45, 2.75) is 44.4 Å². The van der Waals surface area contributed by atoms with Gasteiger partial charge in [-0.15, -0.1) is 0 Å². The van der Waals surface area contributed by atoms with Crippen LogP contribution in [-0.4, -0.2) is 40.0 Å². The number of alkyl halides is 1. The number of hydrogen-bond acceptors (Lipinski definition) is 3. The highest BCUT2D eigenvalue weighted by molar-refractivity contribution is 5.30. The lowest BCUT2D eigenvalue weighted by Crippen LogP contribution is -2.51. The molecule has 0 bridgehead atoms. The molecule has 0 amide bonds. The first-order valence-electron chi connectivity index (χ1n) is 6.81. The maximum Gasteiger partial charge on any atom is 0.135 e. The molecule has 1 aromatic heterocycles. The van der Waals surface area contributed by atoms with E-state index in [1.807, 2.05) is 0 Å². The molecule has 0 radical (unpaired) electrons. The molecule has 1 aromatic rings. The van der Waals surface area contributed by atoms with Gasteiger partial charge in [0.25, 0.3) is 0 Å². The van der Waals surface area contributed by atoms with E-state index < -0.39 is 6.17 Å². The molecule has 1 saturated heterocycles. The molecule has 0 spiro atoms. The highest BCUT2D eigenvalue weighted by Crippen LogP contribution is 2.35. The van der Waals surface area contributed by atoms with Crippen molar-refractivity contribution in [2.24, 2.45) is 5.92 Å². The number of piperidine rings is 1. The second-order valence-corrected chi connectivity index (χ2v) is 5.85. The molecule has 5 heteroatoms. The summed E-state index contributed by atoms with van der Waals surface area (Å²) in [5, 5.41) is 4.14. The van der Waals surface area contributed by atoms with Gasteiger partial charge in [0.15, 0.2) is 0 Å². The van der Waals surface area contributed by atoms with Crippen LogP contribution in [0.5, 0.6) is 0 Å². The summed E-state index contributed by atoms with van der Waals surface area (Å²) in [6, 6.07) is 0.470. The minimum absolute atomic E-state index is 0.143. The molecule has 3 rings (SSSR count). The van der Waals surface area contributed by atoms with Crippen LogP contribution in [0, 0.1) is 5.92 Å². The molecule has 2 aliphatic rings. The van der Waals surface area contributed by atoms with Crippen molar-refractivity contribution in [3.8, 4) is 0 Å². The van der Waals surface area contributed by atoms with Crippen molar-refractivity contribution in [3.63, 3.8) is 0 Å². The Hall–Kier alpha value is -1.10. The molecule has 18 heavy (non-hydrogen) atoms. The van der Waals surface area contributed by atoms with Crippen LogP contribution in [0.25, 0.3) is 0 Å². The topological polar surface area (TPSA) is 47.1 Å². The van der Waals surface area contributed by atoms with Crippen LogP contribution in [0.3, 0.4) is 0 Å². The zero-order valence-corrected chi connectivity index (χ0v) is 10.8. The van der Waals surface area contributed by atoms with Gasteiger partial charge in [-0.2, -0.15) is 5.10 Å². The number of nitrogen functional groups attached to an aromatic ring is 1. The van der Waals surface area contributed by atoms with Crippen molar-refractivity contribution >= 4 is 5.69 Å². The minimum Gasteiger partial charge on any atom is -0.396 e. The Morgan fingerprint density at radius 1 is 1.44 bits per heavy atom. The molecule has 100 valence electrons. The average Bonchev–Trinajstić information content (AvgIpc) is 2.71. The van der Waals surface area contributed by atoms with Crippen molar-refractivity contribution < 1.29 is 4.39 Å². The van der Waals surface area contributed by atoms with E-state index in [4.69, 9.17) is 5.73 Å². The van der Waals surface area contributed by atoms with E-state index in [1.165, 1.54) is 12.8 Å². The van der Waals surface area contributed by atoms with E-state index in [9.17, 15) is 4.39 Å². The van der Waals surface area contributed by atoms with Gasteiger partial charge < -0.3 is 5.73 Å². The Morgan fingerprint density at radius 2 is 2.22 bits per heavy atom. The minimum atomic E-state index is -0.839. The molecule has 2 atom stereocenters. The van der Waals surface area contributed by atoms with Crippen molar-refractivity contribution in [1.29, 1.82) is 0 Å². The second-order valence-electron chi connectivity index (χ2n) is 5.85. The maximum atomic E-state index is 14.3. The molecule has 0 aromatic carbocycles. The third-order valence-corrected chi connectivity index (χ3v) is 4.37. The lowest BCUT2D eigenvalue weighted by Gasteiger charge is -2.45. The summed E-state index contributed by atoms with van der Waals surface area (Å²) >= 11 is 0. The SMILES string of the molecule is CC1CC(N2CCC(n3cc(N)cn3)[C@@H](F)C2)C1. The standard InChI is InChI=1S/C13H21FN4/c1-9-4-11(5-9)17-3-2-13(12(14)8-17)18-7-10(15)6-16-18/h6-7,9,11-13H,2-5,8,15H2,1H3/t9?,11?,12-,13?/m0/s1. The lowest BCUT2D eigenvalue weighted by atomic mass is 9.80. The van der Waals surface area contributed by atoms with Crippen LogP contribution in [0.1, 0.15) is 32.2 Å². The maximum absolute atomic E-state index is 14.3. The number of halogens is 1. The van der Waals surface area contributed by atoms with E-state index in [0.29, 0.717) is 18.3 Å². The van der Waals surface area contributed by atoms with Crippen molar-refractivity contribution in [3.05, 3.63) is 12.4 Å². The van der Waals surface area contributed by atoms with Crippen LogP contribution in [0.15, 0.2) is 12.4 Å². The number of aromatic nitrogens is 2. The molecule has 2 fully saturated rings. The number of anilines is 1. The predicted molar refractivity (Wildman–Crippen MR) is 68.9 cm³/mol. The summed E-state index contributed by atoms with van der Waals surface area (Å²) in [4.78, 5) is 2.31. The number of nitrogens with zero attached hydrogens (tertiary/aromatic N) is 3. The third kappa shape index (κ3) is 2.11. The normalized spacial score (nSPS) is 37.4. The summed E-state index contributed by atoms with van der Waals surface area (Å²) in [7, 11) is 0. The summed E-state index contributed by atoms with van der Waals surface area (Å²) in [6.45, 7) is 3.78. The van der Waals surface area contributed by atoms with E-state index in [0.717, 1.165) is 18.9 Å². The lowest BCUT2D eigenvalue weighted by molar-refractivity contribution is 0.0123. The average molecular weight is 252 g/mol. The number of likely N-dealkylation sites (tertiary alicyclic amines) is 1. The molecular formula is C13H21FN4. The van der Waals surface area contributed by atoms with Gasteiger partial charge in [0.2, 0.25) is 0 Å². The van der Waals surface area contributed by atoms with Gasteiger partial charge in [0.05, 0.1) is 17.9 Å². The molecule has 2 heterocycles. The van der Waals surface area contributed by atoms with Crippen LogP contribution in [0.4, 0.5) is 10.1 Å². The van der Waals surface area contributed by atoms with Crippen LogP contribution in [-0.2, 0) is 0 Å². The van der Waals surface area contributed by atoms with E-state index in [2.05, 4.69) is 16.9 Å². The zero-order valence-electron chi connectivity index (χ0n) is 10.8. The van der Waals surface area contributed by atoms with Crippen LogP contribution in [0.2, 0.25) is 0 Å². The van der Waals surface area contributed by atoms with E-state index >= 15 is 0 Å². The third-order valence-electron chi connectivity index (χ3n) is 4.37. The predicted octanol–water partition coefficient (Wildman–Crippen LogP) is 1.85. The van der Waals surface area contributed by atoms with Gasteiger partial charge in [0.1, 0.15) is 6.17 Å². The van der Waals surface area contributed by atoms with Gasteiger partial charge in [-0.1, -0.05) is 6.92 Å². The Balaban J connectivity index is 1.61. The molecule has 1 aliphatic heterocycles. The first kappa shape index (κ1) is 12.0. The summed E-state index contributed by atoms with van der Waals surface area (Å²) in [5.41, 5.74) is 6.24. The van der Waals surface area contributed by atoms with E-state index in [-0.39, 0.29) is 6.04 Å². The van der Waals surface area contributed by atoms with Gasteiger partial charge in [-0.25, -0.2) is 4.39 Å². The summed E-state index contributed by atoms with van der Waals surface area (Å²) in [5.74, 6) is 0.816. The largest absolute Gasteiger partial charge is 0.396 e. The molecule has 1 unspecified atom stereocenters. The van der Waals surface area contributed by atoms with Crippen LogP contribution >= 0.6 is 0 Å². The molecule has 1 saturated carbocycles. The quantitative estimate of drug-likeness (QED) is 0.873. The molecule has 1 aliphatic carbocycles. The fourth-order valence-electron chi connectivity index (χ4n) is 3.24. The Morgan fingerprint density at radius 3 is 2.78 bits per heavy atom. The summed E-state index contributed by atoms with van der Waals surface area (Å²) < 4.78 is 16.0. The second kappa shape index (κ2) is 4.53. The van der Waals surface area contributed by atoms with Crippen molar-refractivity contribution in [1.82, 2.24) is 14.7 Å². The molecular weight excluding hydrogens is 231 g/mol. The Bertz CT molecular complexity index is 413. The first-order valence-corrected chi connectivity index (χ1v) is 6.81. The van der Waals surface area contributed by atoms with E-state index in [1.54, 1.807) is 17.1 Å². The highest BCUT2D eigenvalue weighted by Gasteiger charge is 2.37. The van der Waals surface area contributed by atoms with Gasteiger partial charge in [-0.3, -0.25) is 9.58 Å². The Kier molecular flexibility index (Phi) is 3.01. The van der Waals surface area contributed by atoms with Gasteiger partial charge >= 0.3 is 0 Å². The number of rotatable bonds is 2. The van der Waals surface area contributed by atoms with Gasteiger partial charge in [-0.05, 0) is 25.2 Å². The fraction of sp³-hybridized carbons (Fsp3) is 0.769. The number of hydrogen-bond donors (Lipinski definition) is 1. The van der Waals surface area contributed by atoms with Gasteiger partial charge in [0, 0.05) is 25.3 Å². The smallest absolute Gasteiger partial charge is 0.135 e. The number of nitrogens with two attached hydrogens (primary N) is 1. The first-order chi connectivity index (χ1) is 8.63. The monoisotopic (exact) mass is 252 g/mol. The molecule has 4 nitrogen and oxygen atoms in total. The van der Waals surface area contributed by atoms with Crippen molar-refractivity contribution in [2.75, 3.05) is 18.8 Å². The summed E-state index contributed by atoms with van der Waals surface area (Å²) in [6.07, 6.45) is 5.77.